The zero-order valence-electron chi connectivity index (χ0n) is 17.2. The van der Waals surface area contributed by atoms with Crippen LogP contribution in [0.1, 0.15) is 35.1 Å². The lowest BCUT2D eigenvalue weighted by Crippen LogP contribution is -2.29. The summed E-state index contributed by atoms with van der Waals surface area (Å²) < 4.78 is 22.9. The molecule has 31 heavy (non-hydrogen) atoms. The fourth-order valence-electron chi connectivity index (χ4n) is 4.28. The molecule has 3 heterocycles. The van der Waals surface area contributed by atoms with Gasteiger partial charge >= 0.3 is 11.3 Å². The summed E-state index contributed by atoms with van der Waals surface area (Å²) in [5.41, 5.74) is 0.833. The van der Waals surface area contributed by atoms with Gasteiger partial charge < -0.3 is 23.4 Å². The molecule has 0 bridgehead atoms. The molecular weight excluding hydrogens is 400 g/mol. The molecule has 1 aliphatic heterocycles. The summed E-state index contributed by atoms with van der Waals surface area (Å²) in [5.74, 6) is -0.969. The van der Waals surface area contributed by atoms with Crippen LogP contribution in [0.25, 0.3) is 21.9 Å². The van der Waals surface area contributed by atoms with Gasteiger partial charge in [-0.3, -0.25) is 0 Å². The average molecular weight is 420 g/mol. The molecule has 1 N–H and O–H groups in total. The Morgan fingerprint density at radius 1 is 0.903 bits per heavy atom. The SMILES string of the molecule is CCOC1Oc2c(c(=O)oc3c(C)cccc23)C1c1c(O)c2cccc(C)c2oc1=O. The predicted octanol–water partition coefficient (Wildman–Crippen LogP) is 4.11. The molecule has 2 aromatic heterocycles. The second kappa shape index (κ2) is 6.99. The highest BCUT2D eigenvalue weighted by Crippen LogP contribution is 2.47. The maximum Gasteiger partial charge on any atom is 0.344 e. The van der Waals surface area contributed by atoms with Crippen LogP contribution in [0.15, 0.2) is 54.8 Å². The Morgan fingerprint density at radius 3 is 2.13 bits per heavy atom. The molecule has 0 radical (unpaired) electrons. The van der Waals surface area contributed by atoms with Gasteiger partial charge in [0.15, 0.2) is 0 Å². The van der Waals surface area contributed by atoms with E-state index in [1.807, 2.05) is 19.1 Å². The highest BCUT2D eigenvalue weighted by Gasteiger charge is 2.44. The highest BCUT2D eigenvalue weighted by atomic mass is 16.7. The summed E-state index contributed by atoms with van der Waals surface area (Å²) >= 11 is 0. The number of rotatable bonds is 3. The third kappa shape index (κ3) is 2.77. The van der Waals surface area contributed by atoms with Gasteiger partial charge in [0.25, 0.3) is 0 Å². The van der Waals surface area contributed by atoms with Crippen LogP contribution in [0.3, 0.4) is 0 Å². The van der Waals surface area contributed by atoms with Crippen LogP contribution in [0, 0.1) is 13.8 Å². The lowest BCUT2D eigenvalue weighted by Gasteiger charge is -2.19. The number of fused-ring (bicyclic) bond motifs is 4. The Morgan fingerprint density at radius 2 is 1.48 bits per heavy atom. The normalized spacial score (nSPS) is 17.8. The van der Waals surface area contributed by atoms with Gasteiger partial charge in [-0.15, -0.1) is 0 Å². The first-order valence-corrected chi connectivity index (χ1v) is 10.0. The molecule has 5 rings (SSSR count). The van der Waals surface area contributed by atoms with Crippen molar-refractivity contribution >= 4 is 21.9 Å². The zero-order valence-corrected chi connectivity index (χ0v) is 17.2. The van der Waals surface area contributed by atoms with E-state index >= 15 is 0 Å². The first-order valence-electron chi connectivity index (χ1n) is 10.0. The number of aryl methyl sites for hydroxylation is 2. The Kier molecular flexibility index (Phi) is 4.37. The predicted molar refractivity (Wildman–Crippen MR) is 114 cm³/mol. The molecule has 2 aromatic carbocycles. The summed E-state index contributed by atoms with van der Waals surface area (Å²) in [6.07, 6.45) is -0.995. The van der Waals surface area contributed by atoms with Crippen LogP contribution < -0.4 is 16.0 Å². The average Bonchev–Trinajstić information content (AvgIpc) is 3.10. The molecule has 1 aliphatic rings. The Hall–Kier alpha value is -3.58. The number of aromatic hydroxyl groups is 1. The molecule has 4 aromatic rings. The van der Waals surface area contributed by atoms with Gasteiger partial charge in [-0.05, 0) is 44.0 Å². The maximum absolute atomic E-state index is 13.0. The molecule has 0 fully saturated rings. The van der Waals surface area contributed by atoms with E-state index in [0.29, 0.717) is 33.3 Å². The molecule has 7 heteroatoms. The van der Waals surface area contributed by atoms with Gasteiger partial charge in [0.05, 0.1) is 27.8 Å². The fraction of sp³-hybridized carbons (Fsp3) is 0.250. The van der Waals surface area contributed by atoms with Crippen molar-refractivity contribution in [3.05, 3.63) is 79.5 Å². The monoisotopic (exact) mass is 420 g/mol. The van der Waals surface area contributed by atoms with Gasteiger partial charge in [-0.2, -0.15) is 0 Å². The van der Waals surface area contributed by atoms with Crippen molar-refractivity contribution in [3.63, 3.8) is 0 Å². The number of hydrogen-bond acceptors (Lipinski definition) is 7. The molecule has 0 saturated heterocycles. The minimum atomic E-state index is -1.00. The third-order valence-corrected chi connectivity index (χ3v) is 5.71. The van der Waals surface area contributed by atoms with E-state index in [4.69, 9.17) is 18.3 Å². The fourth-order valence-corrected chi connectivity index (χ4v) is 4.28. The van der Waals surface area contributed by atoms with Crippen molar-refractivity contribution in [1.82, 2.24) is 0 Å². The number of benzene rings is 2. The molecule has 0 saturated carbocycles. The van der Waals surface area contributed by atoms with Crippen molar-refractivity contribution in [2.45, 2.75) is 33.0 Å². The summed E-state index contributed by atoms with van der Waals surface area (Å²) in [6, 6.07) is 10.6. The second-order valence-corrected chi connectivity index (χ2v) is 7.61. The van der Waals surface area contributed by atoms with Crippen LogP contribution in [0.2, 0.25) is 0 Å². The molecule has 2 atom stereocenters. The smallest absolute Gasteiger partial charge is 0.344 e. The van der Waals surface area contributed by atoms with E-state index in [9.17, 15) is 14.7 Å². The molecule has 0 amide bonds. The topological polar surface area (TPSA) is 99.1 Å². The van der Waals surface area contributed by atoms with Gasteiger partial charge in [0, 0.05) is 6.61 Å². The first-order chi connectivity index (χ1) is 14.9. The minimum absolute atomic E-state index is 0.0883. The van der Waals surface area contributed by atoms with Gasteiger partial charge in [-0.1, -0.05) is 24.3 Å². The summed E-state index contributed by atoms with van der Waals surface area (Å²) in [4.78, 5) is 26.0. The van der Waals surface area contributed by atoms with Gasteiger partial charge in [-0.25, -0.2) is 9.59 Å². The Labute approximate surface area is 176 Å². The van der Waals surface area contributed by atoms with Crippen LogP contribution in [0.5, 0.6) is 11.5 Å². The standard InChI is InChI=1S/C24H20O7/c1-4-28-24-15(16-18(25)13-9-5-7-11(2)19(13)29-22(16)26)17-21(31-24)14-10-6-8-12(3)20(14)30-23(17)27/h5-10,15,24-25H,4H2,1-3H3. The lowest BCUT2D eigenvalue weighted by molar-refractivity contribution is -0.0698. The lowest BCUT2D eigenvalue weighted by atomic mass is 9.91. The van der Waals surface area contributed by atoms with Crippen LogP contribution in [-0.2, 0) is 4.74 Å². The molecule has 0 spiro atoms. The maximum atomic E-state index is 13.0. The molecule has 7 nitrogen and oxygen atoms in total. The van der Waals surface area contributed by atoms with Crippen LogP contribution in [0.4, 0.5) is 0 Å². The Balaban J connectivity index is 1.85. The van der Waals surface area contributed by atoms with E-state index < -0.39 is 23.5 Å². The summed E-state index contributed by atoms with van der Waals surface area (Å²) in [5, 5.41) is 12.0. The van der Waals surface area contributed by atoms with Crippen molar-refractivity contribution in [2.75, 3.05) is 6.61 Å². The third-order valence-electron chi connectivity index (χ3n) is 5.71. The van der Waals surface area contributed by atoms with Crippen molar-refractivity contribution in [1.29, 1.82) is 0 Å². The Bertz CT molecular complexity index is 1460. The van der Waals surface area contributed by atoms with E-state index in [1.54, 1.807) is 38.1 Å². The number of hydrogen-bond donors (Lipinski definition) is 1. The van der Waals surface area contributed by atoms with Gasteiger partial charge in [0.1, 0.15) is 22.7 Å². The van der Waals surface area contributed by atoms with E-state index in [1.165, 1.54) is 0 Å². The molecule has 0 aliphatic carbocycles. The van der Waals surface area contributed by atoms with Crippen LogP contribution >= 0.6 is 0 Å². The summed E-state index contributed by atoms with van der Waals surface area (Å²) in [7, 11) is 0. The highest BCUT2D eigenvalue weighted by molar-refractivity contribution is 5.89. The van der Waals surface area contributed by atoms with Crippen molar-refractivity contribution < 1.29 is 23.4 Å². The largest absolute Gasteiger partial charge is 0.507 e. The molecular formula is C24H20O7. The first kappa shape index (κ1) is 19.4. The number of ether oxygens (including phenoxy) is 2. The van der Waals surface area contributed by atoms with Crippen LogP contribution in [-0.4, -0.2) is 18.0 Å². The number of para-hydroxylation sites is 2. The molecule has 158 valence electrons. The summed E-state index contributed by atoms with van der Waals surface area (Å²) in [6.45, 7) is 5.66. The minimum Gasteiger partial charge on any atom is -0.507 e. The van der Waals surface area contributed by atoms with E-state index in [0.717, 1.165) is 5.56 Å². The van der Waals surface area contributed by atoms with Gasteiger partial charge in [0.2, 0.25) is 6.29 Å². The van der Waals surface area contributed by atoms with E-state index in [-0.39, 0.29) is 23.5 Å². The van der Waals surface area contributed by atoms with Crippen molar-refractivity contribution in [3.8, 4) is 11.5 Å². The second-order valence-electron chi connectivity index (χ2n) is 7.61. The van der Waals surface area contributed by atoms with Crippen molar-refractivity contribution in [2.24, 2.45) is 0 Å². The zero-order chi connectivity index (χ0) is 21.9. The quantitative estimate of drug-likeness (QED) is 0.498. The molecule has 2 unspecified atom stereocenters. The van der Waals surface area contributed by atoms with E-state index in [2.05, 4.69) is 0 Å².